The lowest BCUT2D eigenvalue weighted by Crippen LogP contribution is -2.31. The monoisotopic (exact) mass is 264 g/mol. The van der Waals surface area contributed by atoms with Gasteiger partial charge in [-0.3, -0.25) is 0 Å². The van der Waals surface area contributed by atoms with Crippen molar-refractivity contribution >= 4 is 5.69 Å². The Labute approximate surface area is 115 Å². The minimum atomic E-state index is 0.234. The van der Waals surface area contributed by atoms with Gasteiger partial charge in [0.15, 0.2) is 0 Å². The Bertz CT molecular complexity index is 422. The van der Waals surface area contributed by atoms with Gasteiger partial charge in [-0.1, -0.05) is 13.8 Å². The Hall–Kier alpha value is -1.20. The van der Waals surface area contributed by atoms with E-state index < -0.39 is 0 Å². The molecule has 19 heavy (non-hydrogen) atoms. The summed E-state index contributed by atoms with van der Waals surface area (Å²) in [4.78, 5) is 11.4. The van der Waals surface area contributed by atoms with Crippen LogP contribution in [0, 0.1) is 0 Å². The van der Waals surface area contributed by atoms with Crippen molar-refractivity contribution in [2.75, 3.05) is 24.6 Å². The van der Waals surface area contributed by atoms with Gasteiger partial charge in [0.1, 0.15) is 5.82 Å². The van der Waals surface area contributed by atoms with Crippen LogP contribution in [0.15, 0.2) is 6.20 Å². The summed E-state index contributed by atoms with van der Waals surface area (Å²) < 4.78 is 5.68. The molecule has 2 N–H and O–H groups in total. The molecule has 0 aromatic carbocycles. The average molecular weight is 264 g/mol. The molecule has 2 rings (SSSR count). The van der Waals surface area contributed by atoms with E-state index in [1.54, 1.807) is 0 Å². The topological polar surface area (TPSA) is 64.3 Å². The third kappa shape index (κ3) is 3.42. The molecule has 0 saturated carbocycles. The smallest absolute Gasteiger partial charge is 0.131 e. The first-order valence-electron chi connectivity index (χ1n) is 7.04. The zero-order valence-electron chi connectivity index (χ0n) is 12.1. The van der Waals surface area contributed by atoms with E-state index in [0.29, 0.717) is 12.5 Å². The van der Waals surface area contributed by atoms with Crippen molar-refractivity contribution in [1.29, 1.82) is 0 Å². The molecule has 0 spiro atoms. The minimum absolute atomic E-state index is 0.234. The molecule has 5 heteroatoms. The molecule has 5 nitrogen and oxygen atoms in total. The van der Waals surface area contributed by atoms with E-state index in [9.17, 15) is 0 Å². The summed E-state index contributed by atoms with van der Waals surface area (Å²) >= 11 is 0. The fourth-order valence-electron chi connectivity index (χ4n) is 2.33. The third-order valence-corrected chi connectivity index (χ3v) is 3.37. The summed E-state index contributed by atoms with van der Waals surface area (Å²) in [5, 5.41) is 0. The number of hydrogen-bond donors (Lipinski definition) is 1. The van der Waals surface area contributed by atoms with Crippen LogP contribution in [0.3, 0.4) is 0 Å². The van der Waals surface area contributed by atoms with E-state index >= 15 is 0 Å². The van der Waals surface area contributed by atoms with E-state index in [0.717, 1.165) is 43.3 Å². The summed E-state index contributed by atoms with van der Waals surface area (Å²) in [6.07, 6.45) is 3.18. The van der Waals surface area contributed by atoms with Gasteiger partial charge in [-0.2, -0.15) is 0 Å². The quantitative estimate of drug-likeness (QED) is 0.899. The summed E-state index contributed by atoms with van der Waals surface area (Å²) in [7, 11) is 0. The lowest BCUT2D eigenvalue weighted by atomic mass is 10.2. The summed E-state index contributed by atoms with van der Waals surface area (Å²) in [5.74, 6) is 1.19. The van der Waals surface area contributed by atoms with Crippen LogP contribution in [0.25, 0.3) is 0 Å². The average Bonchev–Trinajstić information content (AvgIpc) is 2.62. The molecule has 0 radical (unpaired) electrons. The normalized spacial score (nSPS) is 20.7. The van der Waals surface area contributed by atoms with E-state index in [1.165, 1.54) is 0 Å². The van der Waals surface area contributed by atoms with E-state index in [2.05, 4.69) is 35.6 Å². The maximum absolute atomic E-state index is 5.85. The van der Waals surface area contributed by atoms with Gasteiger partial charge in [-0.25, -0.2) is 9.97 Å². The van der Waals surface area contributed by atoms with Crippen LogP contribution in [-0.4, -0.2) is 35.8 Å². The molecule has 0 aliphatic carbocycles. The van der Waals surface area contributed by atoms with Gasteiger partial charge in [0.2, 0.25) is 0 Å². The van der Waals surface area contributed by atoms with Crippen molar-refractivity contribution in [3.63, 3.8) is 0 Å². The number of nitrogens with two attached hydrogens (primary N) is 1. The highest BCUT2D eigenvalue weighted by Gasteiger charge is 2.19. The molecule has 1 fully saturated rings. The lowest BCUT2D eigenvalue weighted by molar-refractivity contribution is 0.0820. The van der Waals surface area contributed by atoms with Gasteiger partial charge in [0.25, 0.3) is 0 Å². The number of aromatic nitrogens is 2. The van der Waals surface area contributed by atoms with E-state index in [1.807, 2.05) is 6.20 Å². The molecule has 1 aromatic heterocycles. The molecule has 1 aliphatic heterocycles. The Morgan fingerprint density at radius 2 is 2.32 bits per heavy atom. The van der Waals surface area contributed by atoms with Crippen LogP contribution < -0.4 is 10.6 Å². The Balaban J connectivity index is 2.27. The fourth-order valence-corrected chi connectivity index (χ4v) is 2.33. The Kier molecular flexibility index (Phi) is 4.71. The number of hydrogen-bond acceptors (Lipinski definition) is 5. The molecule has 1 unspecified atom stereocenters. The standard InChI is InChI=1S/C14H24N4O/c1-10(2)14-16-8-13(12(7-15)17-14)18-5-4-6-19-11(3)9-18/h8,10-11H,4-7,9,15H2,1-3H3. The lowest BCUT2D eigenvalue weighted by Gasteiger charge is -2.26. The molecule has 106 valence electrons. The predicted octanol–water partition coefficient (Wildman–Crippen LogP) is 1.67. The highest BCUT2D eigenvalue weighted by Crippen LogP contribution is 2.22. The fraction of sp³-hybridized carbons (Fsp3) is 0.714. The van der Waals surface area contributed by atoms with Crippen LogP contribution in [0.2, 0.25) is 0 Å². The zero-order valence-corrected chi connectivity index (χ0v) is 12.1. The third-order valence-electron chi connectivity index (χ3n) is 3.37. The largest absolute Gasteiger partial charge is 0.377 e. The molecular weight excluding hydrogens is 240 g/mol. The molecule has 0 bridgehead atoms. The first kappa shape index (κ1) is 14.2. The maximum Gasteiger partial charge on any atom is 0.131 e. The van der Waals surface area contributed by atoms with Crippen LogP contribution in [0.4, 0.5) is 5.69 Å². The second-order valence-corrected chi connectivity index (χ2v) is 5.40. The van der Waals surface area contributed by atoms with Crippen molar-refractivity contribution in [2.45, 2.75) is 45.8 Å². The van der Waals surface area contributed by atoms with E-state index in [-0.39, 0.29) is 6.10 Å². The second-order valence-electron chi connectivity index (χ2n) is 5.40. The number of ether oxygens (including phenoxy) is 1. The summed E-state index contributed by atoms with van der Waals surface area (Å²) in [6, 6.07) is 0. The van der Waals surface area contributed by atoms with Crippen molar-refractivity contribution in [2.24, 2.45) is 5.73 Å². The van der Waals surface area contributed by atoms with Crippen LogP contribution >= 0.6 is 0 Å². The van der Waals surface area contributed by atoms with Gasteiger partial charge in [-0.15, -0.1) is 0 Å². The van der Waals surface area contributed by atoms with Crippen LogP contribution in [0.1, 0.15) is 44.6 Å². The second kappa shape index (κ2) is 6.30. The SMILES string of the molecule is CC1CN(c2cnc(C(C)C)nc2CN)CCCO1. The van der Waals surface area contributed by atoms with Gasteiger partial charge < -0.3 is 15.4 Å². The molecule has 1 saturated heterocycles. The summed E-state index contributed by atoms with van der Waals surface area (Å²) in [6.45, 7) is 9.40. The minimum Gasteiger partial charge on any atom is -0.377 e. The number of nitrogens with zero attached hydrogens (tertiary/aromatic N) is 3. The Morgan fingerprint density at radius 3 is 3.00 bits per heavy atom. The van der Waals surface area contributed by atoms with Gasteiger partial charge in [0, 0.05) is 32.2 Å². The number of anilines is 1. The first-order valence-corrected chi connectivity index (χ1v) is 7.04. The molecule has 0 amide bonds. The highest BCUT2D eigenvalue weighted by molar-refractivity contribution is 5.49. The molecule has 1 aromatic rings. The van der Waals surface area contributed by atoms with Gasteiger partial charge >= 0.3 is 0 Å². The Morgan fingerprint density at radius 1 is 1.53 bits per heavy atom. The molecule has 1 atom stereocenters. The predicted molar refractivity (Wildman–Crippen MR) is 76.3 cm³/mol. The van der Waals surface area contributed by atoms with E-state index in [4.69, 9.17) is 10.5 Å². The number of rotatable bonds is 3. The van der Waals surface area contributed by atoms with Gasteiger partial charge in [-0.05, 0) is 13.3 Å². The van der Waals surface area contributed by atoms with Crippen LogP contribution in [0.5, 0.6) is 0 Å². The molecular formula is C14H24N4O. The van der Waals surface area contributed by atoms with Gasteiger partial charge in [0.05, 0.1) is 23.7 Å². The van der Waals surface area contributed by atoms with Crippen molar-refractivity contribution in [3.05, 3.63) is 17.7 Å². The van der Waals surface area contributed by atoms with Crippen molar-refractivity contribution < 1.29 is 4.74 Å². The highest BCUT2D eigenvalue weighted by atomic mass is 16.5. The first-order chi connectivity index (χ1) is 9.11. The molecule has 2 heterocycles. The van der Waals surface area contributed by atoms with Crippen LogP contribution in [-0.2, 0) is 11.3 Å². The maximum atomic E-state index is 5.85. The summed E-state index contributed by atoms with van der Waals surface area (Å²) in [5.41, 5.74) is 7.85. The van der Waals surface area contributed by atoms with Crippen molar-refractivity contribution in [1.82, 2.24) is 9.97 Å². The zero-order chi connectivity index (χ0) is 13.8. The van der Waals surface area contributed by atoms with Crippen molar-refractivity contribution in [3.8, 4) is 0 Å². The molecule has 1 aliphatic rings.